The number of nitrogens with zero attached hydrogens (tertiary/aromatic N) is 2. The summed E-state index contributed by atoms with van der Waals surface area (Å²) in [5.41, 5.74) is 1.72. The SMILES string of the molecule is O=CNCCCNc1nc(Nc2cccc(F)c2)ncc1C1CC1. The second kappa shape index (κ2) is 7.72. The Hall–Kier alpha value is -2.70. The number of halogens is 1. The predicted octanol–water partition coefficient (Wildman–Crippen LogP) is 2.78. The summed E-state index contributed by atoms with van der Waals surface area (Å²) >= 11 is 0. The van der Waals surface area contributed by atoms with Gasteiger partial charge in [0.1, 0.15) is 11.6 Å². The Morgan fingerprint density at radius 3 is 2.92 bits per heavy atom. The molecule has 24 heavy (non-hydrogen) atoms. The van der Waals surface area contributed by atoms with Crippen LogP contribution in [0.1, 0.15) is 30.7 Å². The number of anilines is 3. The van der Waals surface area contributed by atoms with Gasteiger partial charge in [0.05, 0.1) is 0 Å². The van der Waals surface area contributed by atoms with Gasteiger partial charge in [-0.2, -0.15) is 4.98 Å². The predicted molar refractivity (Wildman–Crippen MR) is 90.9 cm³/mol. The van der Waals surface area contributed by atoms with E-state index >= 15 is 0 Å². The highest BCUT2D eigenvalue weighted by molar-refractivity contribution is 5.57. The van der Waals surface area contributed by atoms with Crippen molar-refractivity contribution in [2.75, 3.05) is 23.7 Å². The van der Waals surface area contributed by atoms with E-state index < -0.39 is 0 Å². The van der Waals surface area contributed by atoms with Gasteiger partial charge in [0.25, 0.3) is 0 Å². The molecule has 0 bridgehead atoms. The molecular weight excluding hydrogens is 309 g/mol. The first-order chi connectivity index (χ1) is 11.8. The normalized spacial score (nSPS) is 13.4. The number of hydrogen-bond donors (Lipinski definition) is 3. The molecule has 7 heteroatoms. The topological polar surface area (TPSA) is 78.9 Å². The molecular formula is C17H20FN5O. The van der Waals surface area contributed by atoms with Gasteiger partial charge < -0.3 is 16.0 Å². The zero-order chi connectivity index (χ0) is 16.8. The summed E-state index contributed by atoms with van der Waals surface area (Å²) in [5.74, 6) is 1.44. The number of rotatable bonds is 9. The third-order valence-electron chi connectivity index (χ3n) is 3.79. The van der Waals surface area contributed by atoms with Crippen molar-refractivity contribution in [3.8, 4) is 0 Å². The molecule has 0 atom stereocenters. The first kappa shape index (κ1) is 16.2. The van der Waals surface area contributed by atoms with Crippen LogP contribution in [0.3, 0.4) is 0 Å². The summed E-state index contributed by atoms with van der Waals surface area (Å²) in [6.45, 7) is 1.33. The fourth-order valence-electron chi connectivity index (χ4n) is 2.44. The minimum atomic E-state index is -0.310. The van der Waals surface area contributed by atoms with E-state index in [9.17, 15) is 9.18 Å². The molecule has 126 valence electrons. The van der Waals surface area contributed by atoms with Crippen LogP contribution >= 0.6 is 0 Å². The van der Waals surface area contributed by atoms with Crippen LogP contribution in [-0.4, -0.2) is 29.5 Å². The van der Waals surface area contributed by atoms with Crippen molar-refractivity contribution in [1.29, 1.82) is 0 Å². The molecule has 0 aliphatic heterocycles. The lowest BCUT2D eigenvalue weighted by atomic mass is 10.2. The van der Waals surface area contributed by atoms with Gasteiger partial charge in [-0.15, -0.1) is 0 Å². The summed E-state index contributed by atoms with van der Waals surface area (Å²) in [5, 5.41) is 8.96. The molecule has 3 rings (SSSR count). The molecule has 0 unspecified atom stereocenters. The van der Waals surface area contributed by atoms with Gasteiger partial charge in [0.2, 0.25) is 12.4 Å². The molecule has 1 heterocycles. The van der Waals surface area contributed by atoms with Crippen molar-refractivity contribution < 1.29 is 9.18 Å². The second-order valence-electron chi connectivity index (χ2n) is 5.76. The van der Waals surface area contributed by atoms with Crippen molar-refractivity contribution in [2.45, 2.75) is 25.2 Å². The fraction of sp³-hybridized carbons (Fsp3) is 0.353. The molecule has 1 saturated carbocycles. The van der Waals surface area contributed by atoms with Crippen molar-refractivity contribution in [1.82, 2.24) is 15.3 Å². The number of carbonyl (C=O) groups is 1. The lowest BCUT2D eigenvalue weighted by molar-refractivity contribution is -0.109. The number of hydrogen-bond acceptors (Lipinski definition) is 5. The van der Waals surface area contributed by atoms with Crippen molar-refractivity contribution in [3.63, 3.8) is 0 Å². The molecule has 0 spiro atoms. The van der Waals surface area contributed by atoms with E-state index in [1.807, 2.05) is 6.20 Å². The summed E-state index contributed by atoms with van der Waals surface area (Å²) in [6, 6.07) is 6.19. The molecule has 1 fully saturated rings. The van der Waals surface area contributed by atoms with Crippen LogP contribution in [0.15, 0.2) is 30.5 Å². The van der Waals surface area contributed by atoms with Gasteiger partial charge in [-0.05, 0) is 43.4 Å². The van der Waals surface area contributed by atoms with E-state index in [4.69, 9.17) is 0 Å². The Labute approximate surface area is 139 Å². The molecule has 0 saturated heterocycles. The number of carbonyl (C=O) groups excluding carboxylic acids is 1. The molecule has 1 amide bonds. The molecule has 6 nitrogen and oxygen atoms in total. The van der Waals surface area contributed by atoms with Gasteiger partial charge in [-0.1, -0.05) is 6.07 Å². The summed E-state index contributed by atoms with van der Waals surface area (Å²) in [7, 11) is 0. The highest BCUT2D eigenvalue weighted by Gasteiger charge is 2.27. The molecule has 1 aliphatic carbocycles. The summed E-state index contributed by atoms with van der Waals surface area (Å²) < 4.78 is 13.3. The second-order valence-corrected chi connectivity index (χ2v) is 5.76. The number of amides is 1. The molecule has 1 aromatic heterocycles. The first-order valence-corrected chi connectivity index (χ1v) is 8.06. The van der Waals surface area contributed by atoms with Gasteiger partial charge in [0.15, 0.2) is 0 Å². The Bertz CT molecular complexity index is 705. The minimum Gasteiger partial charge on any atom is -0.370 e. The Kier molecular flexibility index (Phi) is 5.20. The van der Waals surface area contributed by atoms with E-state index in [0.717, 1.165) is 30.6 Å². The molecule has 2 aromatic rings. The Morgan fingerprint density at radius 2 is 2.17 bits per heavy atom. The molecule has 1 aliphatic rings. The van der Waals surface area contributed by atoms with Gasteiger partial charge in [-0.3, -0.25) is 4.79 Å². The highest BCUT2D eigenvalue weighted by atomic mass is 19.1. The van der Waals surface area contributed by atoms with Crippen LogP contribution in [0.4, 0.5) is 21.8 Å². The van der Waals surface area contributed by atoms with E-state index in [1.165, 1.54) is 12.1 Å². The van der Waals surface area contributed by atoms with Crippen molar-refractivity contribution in [2.24, 2.45) is 0 Å². The van der Waals surface area contributed by atoms with Crippen molar-refractivity contribution in [3.05, 3.63) is 41.8 Å². The number of aromatic nitrogens is 2. The van der Waals surface area contributed by atoms with Gasteiger partial charge in [-0.25, -0.2) is 9.37 Å². The highest BCUT2D eigenvalue weighted by Crippen LogP contribution is 2.42. The largest absolute Gasteiger partial charge is 0.370 e. The summed E-state index contributed by atoms with van der Waals surface area (Å²) in [4.78, 5) is 19.1. The van der Waals surface area contributed by atoms with E-state index in [2.05, 4.69) is 25.9 Å². The van der Waals surface area contributed by atoms with Crippen LogP contribution in [0, 0.1) is 5.82 Å². The minimum absolute atomic E-state index is 0.310. The summed E-state index contributed by atoms with van der Waals surface area (Å²) in [6.07, 6.45) is 5.64. The Morgan fingerprint density at radius 1 is 1.29 bits per heavy atom. The zero-order valence-electron chi connectivity index (χ0n) is 13.3. The maximum atomic E-state index is 13.3. The van der Waals surface area contributed by atoms with Crippen LogP contribution in [0.2, 0.25) is 0 Å². The first-order valence-electron chi connectivity index (χ1n) is 8.06. The maximum Gasteiger partial charge on any atom is 0.229 e. The van der Waals surface area contributed by atoms with Crippen LogP contribution in [0.5, 0.6) is 0 Å². The van der Waals surface area contributed by atoms with E-state index in [-0.39, 0.29) is 5.82 Å². The lowest BCUT2D eigenvalue weighted by Crippen LogP contribution is -2.17. The van der Waals surface area contributed by atoms with Crippen LogP contribution < -0.4 is 16.0 Å². The van der Waals surface area contributed by atoms with Gasteiger partial charge in [0, 0.05) is 30.5 Å². The van der Waals surface area contributed by atoms with Crippen molar-refractivity contribution >= 4 is 23.9 Å². The quantitative estimate of drug-likeness (QED) is 0.487. The van der Waals surface area contributed by atoms with Crippen LogP contribution in [0.25, 0.3) is 0 Å². The Balaban J connectivity index is 1.69. The average molecular weight is 329 g/mol. The van der Waals surface area contributed by atoms with E-state index in [0.29, 0.717) is 37.1 Å². The standard InChI is InChI=1S/C17H20FN5O/c18-13-3-1-4-14(9-13)22-17-21-10-15(12-5-6-12)16(23-17)20-8-2-7-19-11-24/h1,3-4,9-12H,2,5-8H2,(H,19,24)(H2,20,21,22,23). The maximum absolute atomic E-state index is 13.3. The molecule has 1 aromatic carbocycles. The van der Waals surface area contributed by atoms with Gasteiger partial charge >= 0.3 is 0 Å². The lowest BCUT2D eigenvalue weighted by Gasteiger charge is -2.12. The molecule has 0 radical (unpaired) electrons. The average Bonchev–Trinajstić information content (AvgIpc) is 3.40. The monoisotopic (exact) mass is 329 g/mol. The third kappa shape index (κ3) is 4.41. The van der Waals surface area contributed by atoms with E-state index in [1.54, 1.807) is 12.1 Å². The fourth-order valence-corrected chi connectivity index (χ4v) is 2.44. The van der Waals surface area contributed by atoms with Crippen LogP contribution in [-0.2, 0) is 4.79 Å². The smallest absolute Gasteiger partial charge is 0.229 e. The third-order valence-corrected chi connectivity index (χ3v) is 3.79. The number of benzene rings is 1. The number of nitrogens with one attached hydrogen (secondary N) is 3. The zero-order valence-corrected chi connectivity index (χ0v) is 13.3. The molecule has 3 N–H and O–H groups in total.